The van der Waals surface area contributed by atoms with Crippen molar-refractivity contribution in [1.82, 2.24) is 0 Å². The molecule has 3 nitrogen and oxygen atoms in total. The Morgan fingerprint density at radius 2 is 2.24 bits per heavy atom. The zero-order valence-corrected chi connectivity index (χ0v) is 10.6. The maximum atomic E-state index is 11.5. The first-order valence-corrected chi connectivity index (χ1v) is 7.44. The van der Waals surface area contributed by atoms with Gasteiger partial charge in [0.1, 0.15) is 0 Å². The van der Waals surface area contributed by atoms with Crippen LogP contribution in [0.2, 0.25) is 0 Å². The van der Waals surface area contributed by atoms with E-state index >= 15 is 0 Å². The van der Waals surface area contributed by atoms with E-state index in [1.165, 1.54) is 0 Å². The van der Waals surface area contributed by atoms with Gasteiger partial charge in [0, 0.05) is 0 Å². The van der Waals surface area contributed by atoms with Crippen molar-refractivity contribution in [3.05, 3.63) is 35.4 Å². The first-order valence-electron chi connectivity index (χ1n) is 5.62. The monoisotopic (exact) mass is 249 g/mol. The van der Waals surface area contributed by atoms with E-state index in [1.54, 1.807) is 0 Å². The predicted molar refractivity (Wildman–Crippen MR) is 66.2 cm³/mol. The maximum absolute atomic E-state index is 11.5. The fraction of sp³-hybridized carbons (Fsp3) is 0.462. The average Bonchev–Trinajstić information content (AvgIpc) is 2.55. The molecular formula is C13H15NO2S. The number of aryl methyl sites for hydroxylation is 1. The molecule has 1 aromatic carbocycles. The molecule has 0 bridgehead atoms. The summed E-state index contributed by atoms with van der Waals surface area (Å²) in [6.45, 7) is 1.99. The average molecular weight is 249 g/mol. The van der Waals surface area contributed by atoms with Gasteiger partial charge >= 0.3 is 0 Å². The number of sulfone groups is 1. The van der Waals surface area contributed by atoms with E-state index in [9.17, 15) is 13.7 Å². The van der Waals surface area contributed by atoms with Gasteiger partial charge in [-0.05, 0) is 25.3 Å². The van der Waals surface area contributed by atoms with Gasteiger partial charge in [-0.25, -0.2) is 8.42 Å². The summed E-state index contributed by atoms with van der Waals surface area (Å²) in [5, 5.41) is 9.26. The molecule has 1 aromatic rings. The molecule has 0 aliphatic carbocycles. The van der Waals surface area contributed by atoms with E-state index in [1.807, 2.05) is 31.2 Å². The van der Waals surface area contributed by atoms with E-state index in [0.29, 0.717) is 12.8 Å². The minimum atomic E-state index is -3.02. The number of rotatable bonds is 2. The van der Waals surface area contributed by atoms with Gasteiger partial charge in [0.05, 0.1) is 23.0 Å². The summed E-state index contributed by atoms with van der Waals surface area (Å²) >= 11 is 0. The van der Waals surface area contributed by atoms with Gasteiger partial charge in [-0.2, -0.15) is 5.26 Å². The highest BCUT2D eigenvalue weighted by molar-refractivity contribution is 7.91. The van der Waals surface area contributed by atoms with Crippen molar-refractivity contribution in [1.29, 1.82) is 5.26 Å². The smallest absolute Gasteiger partial charge is 0.151 e. The molecule has 0 N–H and O–H groups in total. The molecule has 1 fully saturated rings. The van der Waals surface area contributed by atoms with E-state index in [4.69, 9.17) is 0 Å². The quantitative estimate of drug-likeness (QED) is 0.804. The van der Waals surface area contributed by atoms with E-state index in [-0.39, 0.29) is 11.5 Å². The second-order valence-corrected chi connectivity index (χ2v) is 7.08. The molecule has 0 radical (unpaired) electrons. The highest BCUT2D eigenvalue weighted by Gasteiger charge is 2.42. The molecule has 1 aliphatic rings. The van der Waals surface area contributed by atoms with Crippen LogP contribution < -0.4 is 0 Å². The van der Waals surface area contributed by atoms with Crippen LogP contribution in [0.4, 0.5) is 0 Å². The highest BCUT2D eigenvalue weighted by Crippen LogP contribution is 2.35. The molecule has 1 saturated heterocycles. The normalized spacial score (nSPS) is 26.6. The minimum Gasteiger partial charge on any atom is -0.229 e. The lowest BCUT2D eigenvalue weighted by Crippen LogP contribution is -2.23. The summed E-state index contributed by atoms with van der Waals surface area (Å²) in [5.41, 5.74) is 1.46. The zero-order valence-electron chi connectivity index (χ0n) is 9.81. The first-order chi connectivity index (χ1) is 7.95. The summed E-state index contributed by atoms with van der Waals surface area (Å²) in [4.78, 5) is 0. The molecule has 0 aromatic heterocycles. The fourth-order valence-electron chi connectivity index (χ4n) is 2.40. The van der Waals surface area contributed by atoms with E-state index in [0.717, 1.165) is 11.1 Å². The van der Waals surface area contributed by atoms with Crippen LogP contribution in [0.3, 0.4) is 0 Å². The Bertz CT molecular complexity index is 571. The number of nitrogens with zero attached hydrogens (tertiary/aromatic N) is 1. The summed E-state index contributed by atoms with van der Waals surface area (Å²) in [5.74, 6) is 0.150. The Kier molecular flexibility index (Phi) is 2.96. The Morgan fingerprint density at radius 3 is 2.76 bits per heavy atom. The molecular weight excluding hydrogens is 234 g/mol. The Morgan fingerprint density at radius 1 is 1.47 bits per heavy atom. The van der Waals surface area contributed by atoms with E-state index in [2.05, 4.69) is 6.07 Å². The van der Waals surface area contributed by atoms with Crippen molar-refractivity contribution in [2.75, 3.05) is 11.5 Å². The van der Waals surface area contributed by atoms with Gasteiger partial charge in [-0.15, -0.1) is 0 Å². The number of benzene rings is 1. The van der Waals surface area contributed by atoms with Gasteiger partial charge < -0.3 is 0 Å². The van der Waals surface area contributed by atoms with Gasteiger partial charge in [0.15, 0.2) is 9.84 Å². The molecule has 90 valence electrons. The summed E-state index contributed by atoms with van der Waals surface area (Å²) in [7, 11) is -3.02. The van der Waals surface area contributed by atoms with Gasteiger partial charge in [0.2, 0.25) is 0 Å². The molecule has 0 saturated carbocycles. The van der Waals surface area contributed by atoms with Crippen molar-refractivity contribution in [3.63, 3.8) is 0 Å². The van der Waals surface area contributed by atoms with Crippen LogP contribution in [-0.2, 0) is 16.3 Å². The van der Waals surface area contributed by atoms with Crippen molar-refractivity contribution in [3.8, 4) is 6.07 Å². The second kappa shape index (κ2) is 4.15. The van der Waals surface area contributed by atoms with Crippen molar-refractivity contribution in [2.24, 2.45) is 5.41 Å². The summed E-state index contributed by atoms with van der Waals surface area (Å²) in [6.07, 6.45) is 0.990. The molecule has 0 amide bonds. The maximum Gasteiger partial charge on any atom is 0.151 e. The molecule has 1 atom stereocenters. The summed E-state index contributed by atoms with van der Waals surface area (Å²) in [6, 6.07) is 10.1. The molecule has 1 aliphatic heterocycles. The molecule has 2 rings (SSSR count). The molecule has 1 unspecified atom stereocenters. The van der Waals surface area contributed by atoms with Gasteiger partial charge in [0.25, 0.3) is 0 Å². The van der Waals surface area contributed by atoms with Gasteiger partial charge in [-0.1, -0.05) is 29.8 Å². The molecule has 0 spiro atoms. The van der Waals surface area contributed by atoms with Crippen LogP contribution in [0, 0.1) is 23.7 Å². The molecule has 1 heterocycles. The van der Waals surface area contributed by atoms with Crippen LogP contribution in [0.5, 0.6) is 0 Å². The van der Waals surface area contributed by atoms with Crippen LogP contribution in [-0.4, -0.2) is 19.9 Å². The number of hydrogen-bond donors (Lipinski definition) is 0. The fourth-order valence-corrected chi connectivity index (χ4v) is 4.40. The topological polar surface area (TPSA) is 57.9 Å². The largest absolute Gasteiger partial charge is 0.229 e. The third-order valence-electron chi connectivity index (χ3n) is 3.25. The van der Waals surface area contributed by atoms with Crippen molar-refractivity contribution >= 4 is 9.84 Å². The minimum absolute atomic E-state index is 0.00441. The summed E-state index contributed by atoms with van der Waals surface area (Å²) < 4.78 is 23.0. The van der Waals surface area contributed by atoms with E-state index < -0.39 is 15.3 Å². The SMILES string of the molecule is Cc1cccc(CC2(C#N)CCS(=O)(=O)C2)c1. The number of hydrogen-bond acceptors (Lipinski definition) is 3. The highest BCUT2D eigenvalue weighted by atomic mass is 32.2. The van der Waals surface area contributed by atoms with Gasteiger partial charge in [-0.3, -0.25) is 0 Å². The Labute approximate surface area is 102 Å². The standard InChI is InChI=1S/C13H15NO2S/c1-11-3-2-4-12(7-11)8-13(9-14)5-6-17(15,16)10-13/h2-4,7H,5-6,8,10H2,1H3. The van der Waals surface area contributed by atoms with Crippen LogP contribution in [0.1, 0.15) is 17.5 Å². The lowest BCUT2D eigenvalue weighted by molar-refractivity contribution is 0.451. The molecule has 17 heavy (non-hydrogen) atoms. The van der Waals surface area contributed by atoms with Crippen LogP contribution in [0.25, 0.3) is 0 Å². The van der Waals surface area contributed by atoms with Crippen LogP contribution >= 0.6 is 0 Å². The predicted octanol–water partition coefficient (Wildman–Crippen LogP) is 1.87. The van der Waals surface area contributed by atoms with Crippen molar-refractivity contribution in [2.45, 2.75) is 19.8 Å². The third-order valence-corrected chi connectivity index (χ3v) is 5.07. The second-order valence-electron chi connectivity index (χ2n) is 4.90. The molecule has 4 heteroatoms. The lowest BCUT2D eigenvalue weighted by atomic mass is 9.82. The number of nitriles is 1. The first kappa shape index (κ1) is 12.1. The van der Waals surface area contributed by atoms with Crippen LogP contribution in [0.15, 0.2) is 24.3 Å². The lowest BCUT2D eigenvalue weighted by Gasteiger charge is -2.18. The van der Waals surface area contributed by atoms with Crippen molar-refractivity contribution < 1.29 is 8.42 Å². The zero-order chi connectivity index (χ0) is 12.5. The Hall–Kier alpha value is -1.34. The Balaban J connectivity index is 2.26. The third kappa shape index (κ3) is 2.67.